The van der Waals surface area contributed by atoms with Crippen LogP contribution in [0.1, 0.15) is 31.7 Å². The molecule has 0 unspecified atom stereocenters. The molecule has 2 aromatic rings. The summed E-state index contributed by atoms with van der Waals surface area (Å²) in [7, 11) is 0. The minimum absolute atomic E-state index is 0.0661. The van der Waals surface area contributed by atoms with Crippen molar-refractivity contribution in [2.24, 2.45) is 5.92 Å². The second-order valence-corrected chi connectivity index (χ2v) is 8.43. The molecule has 0 radical (unpaired) electrons. The van der Waals surface area contributed by atoms with Crippen molar-refractivity contribution in [2.45, 2.75) is 38.1 Å². The topological polar surface area (TPSA) is 87.2 Å². The van der Waals surface area contributed by atoms with Crippen molar-refractivity contribution in [2.75, 3.05) is 35.6 Å². The van der Waals surface area contributed by atoms with Gasteiger partial charge in [0.25, 0.3) is 0 Å². The van der Waals surface area contributed by atoms with Crippen molar-refractivity contribution >= 4 is 35.1 Å². The summed E-state index contributed by atoms with van der Waals surface area (Å²) >= 11 is 1.36. The Morgan fingerprint density at radius 1 is 1.13 bits per heavy atom. The van der Waals surface area contributed by atoms with Crippen LogP contribution in [0.3, 0.4) is 0 Å². The summed E-state index contributed by atoms with van der Waals surface area (Å²) in [4.78, 5) is 26.5. The number of carbonyl (C=O) groups excluding carboxylic acids is 2. The average Bonchev–Trinajstić information content (AvgIpc) is 2.78. The highest BCUT2D eigenvalue weighted by atomic mass is 32.2. The second-order valence-electron chi connectivity index (χ2n) is 7.43. The molecule has 160 valence electrons. The number of thioether (sulfide) groups is 1. The molecule has 7 nitrogen and oxygen atoms in total. The summed E-state index contributed by atoms with van der Waals surface area (Å²) < 4.78 is 0. The number of amides is 2. The zero-order chi connectivity index (χ0) is 21.3. The van der Waals surface area contributed by atoms with E-state index in [0.717, 1.165) is 56.0 Å². The average molecular weight is 428 g/mol. The molecular formula is C22H29N5O2S. The van der Waals surface area contributed by atoms with Gasteiger partial charge in [0.05, 0.1) is 5.75 Å². The third-order valence-electron chi connectivity index (χ3n) is 5.14. The van der Waals surface area contributed by atoms with Crippen LogP contribution >= 0.6 is 11.8 Å². The fourth-order valence-corrected chi connectivity index (χ4v) is 3.97. The van der Waals surface area contributed by atoms with Crippen LogP contribution in [0.25, 0.3) is 0 Å². The first kappa shape index (κ1) is 22.1. The quantitative estimate of drug-likeness (QED) is 0.629. The van der Waals surface area contributed by atoms with Crippen LogP contribution in [0.15, 0.2) is 41.4 Å². The molecule has 2 N–H and O–H groups in total. The maximum absolute atomic E-state index is 12.2. The van der Waals surface area contributed by atoms with E-state index >= 15 is 0 Å². The molecule has 1 aliphatic heterocycles. The Hall–Kier alpha value is -2.61. The van der Waals surface area contributed by atoms with Crippen LogP contribution in [-0.4, -0.2) is 47.4 Å². The summed E-state index contributed by atoms with van der Waals surface area (Å²) in [5.41, 5.74) is 1.86. The van der Waals surface area contributed by atoms with Crippen molar-refractivity contribution in [1.29, 1.82) is 0 Å². The van der Waals surface area contributed by atoms with Gasteiger partial charge >= 0.3 is 0 Å². The third-order valence-corrected chi connectivity index (χ3v) is 6.06. The van der Waals surface area contributed by atoms with Gasteiger partial charge in [-0.1, -0.05) is 36.9 Å². The lowest BCUT2D eigenvalue weighted by molar-refractivity contribution is -0.125. The summed E-state index contributed by atoms with van der Waals surface area (Å²) in [6.45, 7) is 6.36. The maximum atomic E-state index is 12.2. The molecule has 1 fully saturated rings. The van der Waals surface area contributed by atoms with Gasteiger partial charge in [-0.2, -0.15) is 0 Å². The van der Waals surface area contributed by atoms with Crippen LogP contribution in [0.4, 0.5) is 11.5 Å². The van der Waals surface area contributed by atoms with Gasteiger partial charge in [-0.25, -0.2) is 0 Å². The number of aryl methyl sites for hydroxylation is 1. The molecule has 0 atom stereocenters. The largest absolute Gasteiger partial charge is 0.356 e. The van der Waals surface area contributed by atoms with Gasteiger partial charge in [-0.15, -0.1) is 10.2 Å². The van der Waals surface area contributed by atoms with Gasteiger partial charge in [0.1, 0.15) is 5.03 Å². The van der Waals surface area contributed by atoms with Gasteiger partial charge in [0, 0.05) is 31.2 Å². The number of hydrogen-bond acceptors (Lipinski definition) is 6. The van der Waals surface area contributed by atoms with E-state index in [2.05, 4.69) is 32.7 Å². The van der Waals surface area contributed by atoms with Crippen LogP contribution < -0.4 is 15.5 Å². The minimum atomic E-state index is -0.0661. The first-order valence-corrected chi connectivity index (χ1v) is 11.4. The number of anilines is 2. The molecule has 1 saturated heterocycles. The highest BCUT2D eigenvalue weighted by molar-refractivity contribution is 7.99. The molecule has 1 aliphatic rings. The Kier molecular flexibility index (Phi) is 8.07. The molecule has 2 heterocycles. The van der Waals surface area contributed by atoms with E-state index in [1.807, 2.05) is 43.3 Å². The van der Waals surface area contributed by atoms with Gasteiger partial charge < -0.3 is 15.5 Å². The fraction of sp³-hybridized carbons (Fsp3) is 0.455. The van der Waals surface area contributed by atoms with Crippen molar-refractivity contribution in [3.63, 3.8) is 0 Å². The first-order chi connectivity index (χ1) is 14.6. The lowest BCUT2D eigenvalue weighted by Gasteiger charge is -2.31. The van der Waals surface area contributed by atoms with Gasteiger partial charge in [-0.3, -0.25) is 9.59 Å². The Morgan fingerprint density at radius 2 is 1.90 bits per heavy atom. The normalized spacial score (nSPS) is 14.4. The van der Waals surface area contributed by atoms with Crippen LogP contribution in [0.2, 0.25) is 0 Å². The lowest BCUT2D eigenvalue weighted by Crippen LogP contribution is -2.41. The van der Waals surface area contributed by atoms with Crippen LogP contribution in [0.5, 0.6) is 0 Å². The highest BCUT2D eigenvalue weighted by Gasteiger charge is 2.25. The van der Waals surface area contributed by atoms with E-state index in [9.17, 15) is 9.59 Å². The van der Waals surface area contributed by atoms with Gasteiger partial charge in [0.15, 0.2) is 5.82 Å². The van der Waals surface area contributed by atoms with E-state index in [-0.39, 0.29) is 23.5 Å². The lowest BCUT2D eigenvalue weighted by atomic mass is 9.96. The van der Waals surface area contributed by atoms with Crippen molar-refractivity contribution in [3.8, 4) is 0 Å². The number of hydrogen-bond donors (Lipinski definition) is 2. The molecule has 1 aromatic carbocycles. The molecular weight excluding hydrogens is 398 g/mol. The number of nitrogens with one attached hydrogen (secondary N) is 2. The zero-order valence-corrected chi connectivity index (χ0v) is 18.4. The van der Waals surface area contributed by atoms with E-state index in [1.54, 1.807) is 0 Å². The first-order valence-electron chi connectivity index (χ1n) is 10.4. The SMILES string of the molecule is CCCNC(=O)C1CCN(c2ccc(SCC(=O)Nc3ccccc3C)nn2)CC1. The predicted molar refractivity (Wildman–Crippen MR) is 121 cm³/mol. The monoisotopic (exact) mass is 427 g/mol. The smallest absolute Gasteiger partial charge is 0.234 e. The Morgan fingerprint density at radius 3 is 2.57 bits per heavy atom. The summed E-state index contributed by atoms with van der Waals surface area (Å²) in [6, 6.07) is 11.5. The number of benzene rings is 1. The van der Waals surface area contributed by atoms with E-state index in [4.69, 9.17) is 0 Å². The number of piperidine rings is 1. The predicted octanol–water partition coefficient (Wildman–Crippen LogP) is 3.26. The Labute approximate surface area is 182 Å². The van der Waals surface area contributed by atoms with Gasteiger partial charge in [-0.05, 0) is 49.9 Å². The molecule has 2 amide bonds. The molecule has 30 heavy (non-hydrogen) atoms. The summed E-state index contributed by atoms with van der Waals surface area (Å²) in [5.74, 6) is 1.28. The van der Waals surface area contributed by atoms with E-state index in [1.165, 1.54) is 11.8 Å². The number of aromatic nitrogens is 2. The zero-order valence-electron chi connectivity index (χ0n) is 17.6. The number of nitrogens with zero attached hydrogens (tertiary/aromatic N) is 3. The number of carbonyl (C=O) groups is 2. The minimum Gasteiger partial charge on any atom is -0.356 e. The second kappa shape index (κ2) is 11.0. The third kappa shape index (κ3) is 6.19. The van der Waals surface area contributed by atoms with Gasteiger partial charge in [0.2, 0.25) is 11.8 Å². The van der Waals surface area contributed by atoms with Crippen molar-refractivity contribution in [3.05, 3.63) is 42.0 Å². The highest BCUT2D eigenvalue weighted by Crippen LogP contribution is 2.23. The van der Waals surface area contributed by atoms with Crippen molar-refractivity contribution in [1.82, 2.24) is 15.5 Å². The molecule has 8 heteroatoms. The van der Waals surface area contributed by atoms with Crippen LogP contribution in [0, 0.1) is 12.8 Å². The number of para-hydroxylation sites is 1. The van der Waals surface area contributed by atoms with E-state index in [0.29, 0.717) is 5.03 Å². The Balaban J connectivity index is 1.44. The summed E-state index contributed by atoms with van der Waals surface area (Å²) in [6.07, 6.45) is 2.61. The maximum Gasteiger partial charge on any atom is 0.234 e. The number of rotatable bonds is 8. The van der Waals surface area contributed by atoms with Crippen molar-refractivity contribution < 1.29 is 9.59 Å². The molecule has 0 saturated carbocycles. The molecule has 3 rings (SSSR count). The molecule has 1 aromatic heterocycles. The standard InChI is InChI=1S/C22H29N5O2S/c1-3-12-23-22(29)17-10-13-27(14-11-17)19-8-9-21(26-25-19)30-15-20(28)24-18-7-5-4-6-16(18)2/h4-9,17H,3,10-15H2,1-2H3,(H,23,29)(H,24,28). The molecule has 0 aliphatic carbocycles. The summed E-state index contributed by atoms with van der Waals surface area (Å²) in [5, 5.41) is 15.2. The Bertz CT molecular complexity index is 851. The van der Waals surface area contributed by atoms with E-state index < -0.39 is 0 Å². The molecule has 0 spiro atoms. The van der Waals surface area contributed by atoms with Crippen LogP contribution in [-0.2, 0) is 9.59 Å². The molecule has 0 bridgehead atoms. The fourth-order valence-electron chi connectivity index (χ4n) is 3.36.